The number of hydrogen-bond acceptors (Lipinski definition) is 3. The van der Waals surface area contributed by atoms with Gasteiger partial charge in [-0.15, -0.1) is 0 Å². The fraction of sp³-hybridized carbons (Fsp3) is 0.500. The van der Waals surface area contributed by atoms with E-state index in [0.29, 0.717) is 26.3 Å². The summed E-state index contributed by atoms with van der Waals surface area (Å²) in [5.41, 5.74) is -0.465. The first-order valence-corrected chi connectivity index (χ1v) is 6.01. The van der Waals surface area contributed by atoms with E-state index in [0.717, 1.165) is 12.3 Å². The van der Waals surface area contributed by atoms with Crippen LogP contribution < -0.4 is 0 Å². The van der Waals surface area contributed by atoms with E-state index in [1.807, 2.05) is 0 Å². The van der Waals surface area contributed by atoms with E-state index in [1.54, 1.807) is 4.90 Å². The molecule has 1 saturated heterocycles. The van der Waals surface area contributed by atoms with Crippen LogP contribution in [0.15, 0.2) is 18.5 Å². The van der Waals surface area contributed by atoms with Gasteiger partial charge in [0.15, 0.2) is 0 Å². The molecule has 0 atom stereocenters. The molecule has 0 aromatic carbocycles. The lowest BCUT2D eigenvalue weighted by molar-refractivity contribution is -0.135. The predicted octanol–water partition coefficient (Wildman–Crippen LogP) is 1.09. The van der Waals surface area contributed by atoms with E-state index in [-0.39, 0.29) is 12.5 Å². The fourth-order valence-electron chi connectivity index (χ4n) is 1.91. The molecule has 20 heavy (non-hydrogen) atoms. The van der Waals surface area contributed by atoms with Crippen LogP contribution in [0.2, 0.25) is 0 Å². The van der Waals surface area contributed by atoms with Gasteiger partial charge in [-0.1, -0.05) is 0 Å². The standard InChI is InChI=1S/C12H13F3N2O3/c13-12(14,15)11(19)9-1-2-16(7-9)8-10(18)17-3-5-20-6-4-17/h1-2,7H,3-6,8H2. The van der Waals surface area contributed by atoms with Gasteiger partial charge >= 0.3 is 6.18 Å². The highest BCUT2D eigenvalue weighted by Gasteiger charge is 2.39. The number of halogens is 3. The van der Waals surface area contributed by atoms with Gasteiger partial charge < -0.3 is 14.2 Å². The van der Waals surface area contributed by atoms with Crippen molar-refractivity contribution < 1.29 is 27.5 Å². The van der Waals surface area contributed by atoms with E-state index in [4.69, 9.17) is 4.74 Å². The Labute approximate surface area is 112 Å². The Balaban J connectivity index is 1.99. The summed E-state index contributed by atoms with van der Waals surface area (Å²) in [6, 6.07) is 1.06. The summed E-state index contributed by atoms with van der Waals surface area (Å²) in [4.78, 5) is 24.5. The monoisotopic (exact) mass is 290 g/mol. The van der Waals surface area contributed by atoms with Crippen molar-refractivity contribution in [2.24, 2.45) is 0 Å². The zero-order valence-corrected chi connectivity index (χ0v) is 10.5. The number of alkyl halides is 3. The Kier molecular flexibility index (Phi) is 4.12. The number of ketones is 1. The van der Waals surface area contributed by atoms with Gasteiger partial charge in [-0.05, 0) is 6.07 Å². The number of rotatable bonds is 3. The number of ether oxygens (including phenoxy) is 1. The molecular weight excluding hydrogens is 277 g/mol. The Morgan fingerprint density at radius 3 is 2.50 bits per heavy atom. The van der Waals surface area contributed by atoms with Crippen LogP contribution in [0.25, 0.3) is 0 Å². The van der Waals surface area contributed by atoms with Crippen molar-refractivity contribution in [2.45, 2.75) is 12.7 Å². The van der Waals surface area contributed by atoms with E-state index >= 15 is 0 Å². The van der Waals surface area contributed by atoms with E-state index < -0.39 is 17.5 Å². The topological polar surface area (TPSA) is 51.5 Å². The molecule has 1 aliphatic heterocycles. The lowest BCUT2D eigenvalue weighted by atomic mass is 10.2. The highest BCUT2D eigenvalue weighted by Crippen LogP contribution is 2.21. The van der Waals surface area contributed by atoms with Gasteiger partial charge in [0.2, 0.25) is 5.91 Å². The summed E-state index contributed by atoms with van der Waals surface area (Å²) in [7, 11) is 0. The first-order valence-electron chi connectivity index (χ1n) is 6.01. The maximum atomic E-state index is 12.2. The lowest BCUT2D eigenvalue weighted by Gasteiger charge is -2.26. The van der Waals surface area contributed by atoms with Crippen LogP contribution in [0, 0.1) is 0 Å². The van der Waals surface area contributed by atoms with E-state index in [9.17, 15) is 22.8 Å². The maximum Gasteiger partial charge on any atom is 0.454 e. The smallest absolute Gasteiger partial charge is 0.378 e. The predicted molar refractivity (Wildman–Crippen MR) is 62.2 cm³/mol. The zero-order valence-electron chi connectivity index (χ0n) is 10.5. The Morgan fingerprint density at radius 2 is 1.90 bits per heavy atom. The van der Waals surface area contributed by atoms with Crippen LogP contribution in [0.4, 0.5) is 13.2 Å². The number of hydrogen-bond donors (Lipinski definition) is 0. The van der Waals surface area contributed by atoms with E-state index in [1.165, 1.54) is 10.8 Å². The summed E-state index contributed by atoms with van der Waals surface area (Å²) in [6.07, 6.45) is -2.58. The number of carbonyl (C=O) groups excluding carboxylic acids is 2. The van der Waals surface area contributed by atoms with Crippen molar-refractivity contribution in [1.82, 2.24) is 9.47 Å². The summed E-state index contributed by atoms with van der Waals surface area (Å²) < 4.78 is 43.1. The molecule has 1 aliphatic rings. The molecule has 0 N–H and O–H groups in total. The minimum absolute atomic E-state index is 0.0921. The molecule has 1 aromatic rings. The van der Waals surface area contributed by atoms with Crippen LogP contribution >= 0.6 is 0 Å². The molecule has 0 aliphatic carbocycles. The Morgan fingerprint density at radius 1 is 1.25 bits per heavy atom. The highest BCUT2D eigenvalue weighted by atomic mass is 19.4. The fourth-order valence-corrected chi connectivity index (χ4v) is 1.91. The van der Waals surface area contributed by atoms with Crippen LogP contribution in [0.3, 0.4) is 0 Å². The van der Waals surface area contributed by atoms with Gasteiger partial charge in [0.1, 0.15) is 6.54 Å². The molecule has 0 spiro atoms. The molecule has 8 heteroatoms. The zero-order chi connectivity index (χ0) is 14.8. The van der Waals surface area contributed by atoms with Gasteiger partial charge in [0.25, 0.3) is 5.78 Å². The quantitative estimate of drug-likeness (QED) is 0.783. The third kappa shape index (κ3) is 3.38. The summed E-state index contributed by atoms with van der Waals surface area (Å²) in [6.45, 7) is 1.75. The van der Waals surface area contributed by atoms with Gasteiger partial charge in [-0.25, -0.2) is 0 Å². The SMILES string of the molecule is O=C(Cn1ccc(C(=O)C(F)(F)F)c1)N1CCOCC1. The number of morpholine rings is 1. The average molecular weight is 290 g/mol. The second kappa shape index (κ2) is 5.66. The molecule has 1 fully saturated rings. The number of nitrogens with zero attached hydrogens (tertiary/aromatic N) is 2. The van der Waals surface area contributed by atoms with Gasteiger partial charge in [0.05, 0.1) is 13.2 Å². The highest BCUT2D eigenvalue weighted by molar-refractivity contribution is 6.00. The Hall–Kier alpha value is -1.83. The molecule has 5 nitrogen and oxygen atoms in total. The van der Waals surface area contributed by atoms with Crippen LogP contribution in [-0.2, 0) is 16.1 Å². The summed E-state index contributed by atoms with van der Waals surface area (Å²) >= 11 is 0. The number of amides is 1. The second-order valence-electron chi connectivity index (χ2n) is 4.39. The van der Waals surface area contributed by atoms with Gasteiger partial charge in [-0.3, -0.25) is 9.59 Å². The van der Waals surface area contributed by atoms with Crippen LogP contribution in [-0.4, -0.2) is 53.6 Å². The minimum atomic E-state index is -4.90. The Bertz CT molecular complexity index is 504. The number of carbonyl (C=O) groups is 2. The average Bonchev–Trinajstić information content (AvgIpc) is 2.86. The van der Waals surface area contributed by atoms with Crippen molar-refractivity contribution >= 4 is 11.7 Å². The molecule has 1 aromatic heterocycles. The third-order valence-corrected chi connectivity index (χ3v) is 2.95. The second-order valence-corrected chi connectivity index (χ2v) is 4.39. The van der Waals surface area contributed by atoms with E-state index in [2.05, 4.69) is 0 Å². The largest absolute Gasteiger partial charge is 0.454 e. The van der Waals surface area contributed by atoms with Gasteiger partial charge in [0, 0.05) is 31.0 Å². The normalized spacial score (nSPS) is 16.2. The lowest BCUT2D eigenvalue weighted by Crippen LogP contribution is -2.42. The molecule has 0 radical (unpaired) electrons. The molecule has 0 bridgehead atoms. The summed E-state index contributed by atoms with van der Waals surface area (Å²) in [5, 5.41) is 0. The van der Waals surface area contributed by atoms with Crippen molar-refractivity contribution in [3.05, 3.63) is 24.0 Å². The molecule has 2 rings (SSSR count). The molecule has 110 valence electrons. The van der Waals surface area contributed by atoms with Crippen LogP contribution in [0.1, 0.15) is 10.4 Å². The molecule has 2 heterocycles. The maximum absolute atomic E-state index is 12.2. The first kappa shape index (κ1) is 14.6. The summed E-state index contributed by atoms with van der Waals surface area (Å²) in [5.74, 6) is -2.12. The van der Waals surface area contributed by atoms with Crippen LogP contribution in [0.5, 0.6) is 0 Å². The molecule has 0 unspecified atom stereocenters. The third-order valence-electron chi connectivity index (χ3n) is 2.95. The van der Waals surface area contributed by atoms with Crippen molar-refractivity contribution in [3.63, 3.8) is 0 Å². The molecule has 1 amide bonds. The van der Waals surface area contributed by atoms with Gasteiger partial charge in [-0.2, -0.15) is 13.2 Å². The minimum Gasteiger partial charge on any atom is -0.378 e. The number of Topliss-reactive ketones (excluding diaryl/α,β-unsaturated/α-hetero) is 1. The molecule has 0 saturated carbocycles. The van der Waals surface area contributed by atoms with Crippen molar-refractivity contribution in [2.75, 3.05) is 26.3 Å². The van der Waals surface area contributed by atoms with Crippen molar-refractivity contribution in [1.29, 1.82) is 0 Å². The van der Waals surface area contributed by atoms with Crippen molar-refractivity contribution in [3.8, 4) is 0 Å². The first-order chi connectivity index (χ1) is 9.38. The molecular formula is C12H13F3N2O3. The number of aromatic nitrogens is 1.